The Balaban J connectivity index is 1.84. The standard InChI is InChI=1S/C23H27N3O8/c1-9(25-2)20(32)26-13-4-3-10-5-11-7-22(21(24)33)8-12(27)6-14(28)23(22,34)19(31)16(11)18(30)15(10)17(13)29/h3-4,9,11-12,25,27,29-30,34H,5-8H2,1-2H3,(H2,24,33)(H,26,32). The molecule has 0 heterocycles. The molecule has 2 amide bonds. The largest absolute Gasteiger partial charge is 0.507 e. The number of ketones is 2. The summed E-state index contributed by atoms with van der Waals surface area (Å²) in [6, 6.07) is 2.44. The second kappa shape index (κ2) is 7.90. The van der Waals surface area contributed by atoms with Gasteiger partial charge in [0.2, 0.25) is 17.6 Å². The highest BCUT2D eigenvalue weighted by atomic mass is 16.3. The van der Waals surface area contributed by atoms with E-state index in [1.807, 2.05) is 0 Å². The summed E-state index contributed by atoms with van der Waals surface area (Å²) in [7, 11) is 1.59. The van der Waals surface area contributed by atoms with Gasteiger partial charge < -0.3 is 36.8 Å². The van der Waals surface area contributed by atoms with Crippen LogP contribution in [-0.4, -0.2) is 68.6 Å². The second-order valence-electron chi connectivity index (χ2n) is 9.33. The molecule has 0 saturated heterocycles. The number of phenolic OH excluding ortho intramolecular Hbond substituents is 1. The van der Waals surface area contributed by atoms with Gasteiger partial charge in [0.15, 0.2) is 11.4 Å². The molecular formula is C23H27N3O8. The Labute approximate surface area is 194 Å². The lowest BCUT2D eigenvalue weighted by Gasteiger charge is -2.53. The topological polar surface area (TPSA) is 199 Å². The van der Waals surface area contributed by atoms with Crippen molar-refractivity contribution in [2.45, 2.75) is 50.4 Å². The van der Waals surface area contributed by atoms with Crippen LogP contribution >= 0.6 is 0 Å². The van der Waals surface area contributed by atoms with Crippen LogP contribution in [-0.2, 0) is 25.6 Å². The first-order chi connectivity index (χ1) is 15.9. The van der Waals surface area contributed by atoms with Gasteiger partial charge in [0.05, 0.1) is 28.8 Å². The van der Waals surface area contributed by atoms with E-state index < -0.39 is 70.4 Å². The minimum absolute atomic E-state index is 0.00164. The zero-order valence-corrected chi connectivity index (χ0v) is 18.7. The number of likely N-dealkylation sites (N-methyl/N-ethyl adjacent to an activating group) is 1. The van der Waals surface area contributed by atoms with Crippen molar-refractivity contribution < 1.29 is 39.6 Å². The molecule has 182 valence electrons. The van der Waals surface area contributed by atoms with Crippen molar-refractivity contribution >= 4 is 34.8 Å². The van der Waals surface area contributed by atoms with Crippen molar-refractivity contribution in [3.05, 3.63) is 28.8 Å². The fourth-order valence-corrected chi connectivity index (χ4v) is 5.52. The molecule has 0 spiro atoms. The number of amides is 2. The highest BCUT2D eigenvalue weighted by molar-refractivity contribution is 6.24. The van der Waals surface area contributed by atoms with Gasteiger partial charge in [-0.1, -0.05) is 6.07 Å². The van der Waals surface area contributed by atoms with E-state index in [0.29, 0.717) is 5.56 Å². The van der Waals surface area contributed by atoms with E-state index >= 15 is 0 Å². The number of primary amides is 1. The number of rotatable bonds is 4. The van der Waals surface area contributed by atoms with Crippen LogP contribution in [0, 0.1) is 11.3 Å². The monoisotopic (exact) mass is 473 g/mol. The number of phenols is 1. The number of aromatic hydroxyl groups is 1. The van der Waals surface area contributed by atoms with E-state index in [4.69, 9.17) is 5.73 Å². The lowest BCUT2D eigenvalue weighted by Crippen LogP contribution is -2.71. The summed E-state index contributed by atoms with van der Waals surface area (Å²) in [5.41, 5.74) is 0.765. The predicted molar refractivity (Wildman–Crippen MR) is 118 cm³/mol. The minimum Gasteiger partial charge on any atom is -0.507 e. The number of fused-ring (bicyclic) bond motifs is 3. The quantitative estimate of drug-likeness (QED) is 0.218. The highest BCUT2D eigenvalue weighted by Gasteiger charge is 2.70. The summed E-state index contributed by atoms with van der Waals surface area (Å²) in [4.78, 5) is 51.1. The number of aliphatic hydroxyl groups excluding tert-OH is 2. The summed E-state index contributed by atoms with van der Waals surface area (Å²) < 4.78 is 0. The maximum Gasteiger partial charge on any atom is 0.241 e. The molecule has 3 aliphatic rings. The summed E-state index contributed by atoms with van der Waals surface area (Å²) in [5, 5.41) is 48.7. The van der Waals surface area contributed by atoms with Crippen LogP contribution in [0.4, 0.5) is 5.69 Å². The van der Waals surface area contributed by atoms with Crippen LogP contribution < -0.4 is 16.4 Å². The van der Waals surface area contributed by atoms with Gasteiger partial charge in [-0.3, -0.25) is 19.2 Å². The SMILES string of the molecule is CNC(C)C(=O)Nc1ccc2c(c1O)C(O)=C1C(=O)C3(O)C(=O)CC(O)CC3(C(N)=O)CC1C2. The molecule has 11 nitrogen and oxygen atoms in total. The van der Waals surface area contributed by atoms with Crippen LogP contribution in [0.2, 0.25) is 0 Å². The van der Waals surface area contributed by atoms with E-state index in [0.717, 1.165) is 0 Å². The molecule has 2 fully saturated rings. The van der Waals surface area contributed by atoms with Gasteiger partial charge in [-0.05, 0) is 50.8 Å². The fraction of sp³-hybridized carbons (Fsp3) is 0.478. The molecule has 0 aromatic heterocycles. The van der Waals surface area contributed by atoms with E-state index in [2.05, 4.69) is 10.6 Å². The van der Waals surface area contributed by atoms with Crippen molar-refractivity contribution in [1.82, 2.24) is 5.32 Å². The Bertz CT molecular complexity index is 1160. The number of carbonyl (C=O) groups is 4. The average molecular weight is 473 g/mol. The average Bonchev–Trinajstić information content (AvgIpc) is 2.77. The number of nitrogens with two attached hydrogens (primary N) is 1. The Hall–Kier alpha value is -3.28. The van der Waals surface area contributed by atoms with Gasteiger partial charge in [-0.2, -0.15) is 0 Å². The molecule has 2 saturated carbocycles. The molecular weight excluding hydrogens is 446 g/mol. The third kappa shape index (κ3) is 3.07. The van der Waals surface area contributed by atoms with Crippen LogP contribution in [0.25, 0.3) is 5.76 Å². The van der Waals surface area contributed by atoms with Gasteiger partial charge in [-0.15, -0.1) is 0 Å². The third-order valence-corrected chi connectivity index (χ3v) is 7.46. The molecule has 5 unspecified atom stereocenters. The number of anilines is 1. The summed E-state index contributed by atoms with van der Waals surface area (Å²) in [5.74, 6) is -5.66. The van der Waals surface area contributed by atoms with Gasteiger partial charge in [0.25, 0.3) is 0 Å². The Morgan fingerprint density at radius 2 is 1.85 bits per heavy atom. The van der Waals surface area contributed by atoms with Crippen molar-refractivity contribution in [2.24, 2.45) is 17.1 Å². The second-order valence-corrected chi connectivity index (χ2v) is 9.33. The maximum atomic E-state index is 13.5. The maximum absolute atomic E-state index is 13.5. The highest BCUT2D eigenvalue weighted by Crippen LogP contribution is 2.57. The van der Waals surface area contributed by atoms with Gasteiger partial charge in [0, 0.05) is 12.0 Å². The van der Waals surface area contributed by atoms with Crippen LogP contribution in [0.1, 0.15) is 37.3 Å². The number of carbonyl (C=O) groups excluding carboxylic acids is 4. The zero-order valence-electron chi connectivity index (χ0n) is 18.7. The van der Waals surface area contributed by atoms with Crippen molar-refractivity contribution in [2.75, 3.05) is 12.4 Å². The predicted octanol–water partition coefficient (Wildman–Crippen LogP) is -0.721. The molecule has 5 atom stereocenters. The van der Waals surface area contributed by atoms with Crippen molar-refractivity contribution in [3.63, 3.8) is 0 Å². The number of aliphatic hydroxyl groups is 3. The Morgan fingerprint density at radius 1 is 1.18 bits per heavy atom. The zero-order chi connectivity index (χ0) is 25.2. The van der Waals surface area contributed by atoms with E-state index in [9.17, 15) is 39.6 Å². The van der Waals surface area contributed by atoms with E-state index in [-0.39, 0.29) is 36.1 Å². The smallest absolute Gasteiger partial charge is 0.241 e. The molecule has 1 aromatic rings. The molecule has 0 bridgehead atoms. The lowest BCUT2D eigenvalue weighted by atomic mass is 9.50. The molecule has 11 heteroatoms. The first kappa shape index (κ1) is 23.9. The van der Waals surface area contributed by atoms with Crippen LogP contribution in [0.15, 0.2) is 17.7 Å². The number of benzene rings is 1. The van der Waals surface area contributed by atoms with E-state index in [1.54, 1.807) is 20.0 Å². The van der Waals surface area contributed by atoms with Gasteiger partial charge >= 0.3 is 0 Å². The molecule has 4 rings (SSSR count). The van der Waals surface area contributed by atoms with Crippen LogP contribution in [0.5, 0.6) is 5.75 Å². The summed E-state index contributed by atoms with van der Waals surface area (Å²) >= 11 is 0. The van der Waals surface area contributed by atoms with Crippen LogP contribution in [0.3, 0.4) is 0 Å². The molecule has 3 aliphatic carbocycles. The molecule has 0 radical (unpaired) electrons. The molecule has 34 heavy (non-hydrogen) atoms. The number of nitrogens with one attached hydrogen (secondary N) is 2. The van der Waals surface area contributed by atoms with Crippen molar-refractivity contribution in [1.29, 1.82) is 0 Å². The molecule has 0 aliphatic heterocycles. The number of hydrogen-bond acceptors (Lipinski definition) is 9. The van der Waals surface area contributed by atoms with E-state index in [1.165, 1.54) is 6.07 Å². The minimum atomic E-state index is -2.83. The molecule has 8 N–H and O–H groups in total. The fourth-order valence-electron chi connectivity index (χ4n) is 5.52. The number of Topliss-reactive ketones (excluding diaryl/α,β-unsaturated/α-hetero) is 2. The summed E-state index contributed by atoms with van der Waals surface area (Å²) in [6.45, 7) is 1.61. The normalized spacial score (nSPS) is 31.3. The van der Waals surface area contributed by atoms with Crippen molar-refractivity contribution in [3.8, 4) is 5.75 Å². The third-order valence-electron chi connectivity index (χ3n) is 7.46. The number of hydrogen-bond donors (Lipinski definition) is 7. The van der Waals surface area contributed by atoms with Gasteiger partial charge in [-0.25, -0.2) is 0 Å². The Kier molecular flexibility index (Phi) is 5.54. The Morgan fingerprint density at radius 3 is 2.47 bits per heavy atom. The lowest BCUT2D eigenvalue weighted by molar-refractivity contribution is -0.188. The first-order valence-corrected chi connectivity index (χ1v) is 10.9. The summed E-state index contributed by atoms with van der Waals surface area (Å²) in [6.07, 6.45) is -2.32. The molecule has 1 aromatic carbocycles. The van der Waals surface area contributed by atoms with Gasteiger partial charge in [0.1, 0.15) is 11.5 Å². The first-order valence-electron chi connectivity index (χ1n) is 10.9.